The summed E-state index contributed by atoms with van der Waals surface area (Å²) in [4.78, 5) is 0.310. The van der Waals surface area contributed by atoms with Crippen LogP contribution in [0.5, 0.6) is 5.75 Å². The molecule has 1 aliphatic rings. The highest BCUT2D eigenvalue weighted by Gasteiger charge is 2.29. The van der Waals surface area contributed by atoms with Crippen molar-refractivity contribution in [3.63, 3.8) is 0 Å². The Balaban J connectivity index is 2.21. The van der Waals surface area contributed by atoms with Crippen molar-refractivity contribution >= 4 is 10.0 Å². The molecule has 0 bridgehead atoms. The predicted octanol–water partition coefficient (Wildman–Crippen LogP) is 1.80. The third-order valence-corrected chi connectivity index (χ3v) is 5.84. The number of aryl methyl sites for hydroxylation is 1. The van der Waals surface area contributed by atoms with E-state index in [0.29, 0.717) is 22.8 Å². The summed E-state index contributed by atoms with van der Waals surface area (Å²) in [6.45, 7) is 2.30. The van der Waals surface area contributed by atoms with Crippen LogP contribution in [0, 0.1) is 12.8 Å². The number of rotatable bonds is 5. The van der Waals surface area contributed by atoms with Crippen LogP contribution in [-0.4, -0.2) is 28.1 Å². The molecule has 21 heavy (non-hydrogen) atoms. The molecule has 2 unspecified atom stereocenters. The van der Waals surface area contributed by atoms with Gasteiger partial charge in [-0.25, -0.2) is 13.1 Å². The molecule has 2 atom stereocenters. The lowest BCUT2D eigenvalue weighted by atomic mass is 9.85. The lowest BCUT2D eigenvalue weighted by Crippen LogP contribution is -2.44. The Bertz CT molecular complexity index is 587. The molecule has 0 aromatic heterocycles. The first-order chi connectivity index (χ1) is 9.97. The van der Waals surface area contributed by atoms with Gasteiger partial charge in [-0.2, -0.15) is 0 Å². The molecule has 1 aliphatic carbocycles. The van der Waals surface area contributed by atoms with Crippen molar-refractivity contribution < 1.29 is 13.2 Å². The van der Waals surface area contributed by atoms with Gasteiger partial charge in [0.15, 0.2) is 0 Å². The second kappa shape index (κ2) is 6.77. The van der Waals surface area contributed by atoms with E-state index >= 15 is 0 Å². The van der Waals surface area contributed by atoms with Gasteiger partial charge < -0.3 is 10.5 Å². The number of nitrogens with two attached hydrogens (primary N) is 1. The summed E-state index contributed by atoms with van der Waals surface area (Å²) >= 11 is 0. The lowest BCUT2D eigenvalue weighted by Gasteiger charge is -2.31. The fraction of sp³-hybridized carbons (Fsp3) is 0.600. The van der Waals surface area contributed by atoms with Gasteiger partial charge in [-0.15, -0.1) is 0 Å². The van der Waals surface area contributed by atoms with Crippen molar-refractivity contribution in [3.05, 3.63) is 23.8 Å². The minimum Gasteiger partial charge on any atom is -0.497 e. The number of hydrogen-bond acceptors (Lipinski definition) is 4. The third kappa shape index (κ3) is 3.75. The van der Waals surface area contributed by atoms with E-state index in [4.69, 9.17) is 10.5 Å². The Morgan fingerprint density at radius 1 is 1.33 bits per heavy atom. The minimum absolute atomic E-state index is 0.0600. The Morgan fingerprint density at radius 2 is 2.05 bits per heavy atom. The fourth-order valence-corrected chi connectivity index (χ4v) is 4.52. The molecule has 0 amide bonds. The Kier molecular flexibility index (Phi) is 5.24. The number of methoxy groups -OCH3 is 1. The summed E-state index contributed by atoms with van der Waals surface area (Å²) in [5.41, 5.74) is 6.45. The predicted molar refractivity (Wildman–Crippen MR) is 82.9 cm³/mol. The van der Waals surface area contributed by atoms with Crippen LogP contribution in [0.25, 0.3) is 0 Å². The van der Waals surface area contributed by atoms with E-state index in [2.05, 4.69) is 4.72 Å². The van der Waals surface area contributed by atoms with E-state index in [0.717, 1.165) is 25.7 Å². The number of ether oxygens (including phenoxy) is 1. The van der Waals surface area contributed by atoms with Gasteiger partial charge in [-0.3, -0.25) is 0 Å². The number of sulfonamides is 1. The summed E-state index contributed by atoms with van der Waals surface area (Å²) < 4.78 is 33.1. The normalized spacial score (nSPS) is 23.0. The van der Waals surface area contributed by atoms with Gasteiger partial charge in [0.2, 0.25) is 10.0 Å². The third-order valence-electron chi connectivity index (χ3n) is 4.19. The van der Waals surface area contributed by atoms with Gasteiger partial charge in [-0.1, -0.05) is 12.8 Å². The number of hydrogen-bond donors (Lipinski definition) is 2. The molecule has 3 N–H and O–H groups in total. The van der Waals surface area contributed by atoms with Crippen LogP contribution >= 0.6 is 0 Å². The second-order valence-electron chi connectivity index (χ2n) is 5.64. The van der Waals surface area contributed by atoms with Crippen LogP contribution in [0.3, 0.4) is 0 Å². The Hall–Kier alpha value is -1.11. The van der Waals surface area contributed by atoms with Gasteiger partial charge >= 0.3 is 0 Å². The van der Waals surface area contributed by atoms with Crippen molar-refractivity contribution in [1.29, 1.82) is 0 Å². The van der Waals surface area contributed by atoms with Crippen LogP contribution in [0.2, 0.25) is 0 Å². The summed E-state index contributed by atoms with van der Waals surface area (Å²) in [6, 6.07) is 4.94. The first-order valence-corrected chi connectivity index (χ1v) is 8.83. The van der Waals surface area contributed by atoms with Gasteiger partial charge in [0.25, 0.3) is 0 Å². The first kappa shape index (κ1) is 16.3. The van der Waals surface area contributed by atoms with E-state index < -0.39 is 10.0 Å². The smallest absolute Gasteiger partial charge is 0.241 e. The largest absolute Gasteiger partial charge is 0.497 e. The average molecular weight is 312 g/mol. The van der Waals surface area contributed by atoms with Crippen molar-refractivity contribution in [2.45, 2.75) is 43.5 Å². The van der Waals surface area contributed by atoms with E-state index in [1.165, 1.54) is 0 Å². The zero-order valence-corrected chi connectivity index (χ0v) is 13.4. The number of benzene rings is 1. The van der Waals surface area contributed by atoms with Crippen molar-refractivity contribution in [2.75, 3.05) is 13.7 Å². The molecule has 1 aromatic carbocycles. The highest BCUT2D eigenvalue weighted by molar-refractivity contribution is 7.89. The first-order valence-electron chi connectivity index (χ1n) is 7.35. The number of nitrogens with one attached hydrogen (secondary N) is 1. The topological polar surface area (TPSA) is 81.4 Å². The van der Waals surface area contributed by atoms with Crippen LogP contribution in [0.1, 0.15) is 31.2 Å². The second-order valence-corrected chi connectivity index (χ2v) is 7.32. The maximum absolute atomic E-state index is 12.6. The SMILES string of the molecule is COc1ccc(S(=O)(=O)NC2CCCCC2CN)c(C)c1. The van der Waals surface area contributed by atoms with Crippen molar-refractivity contribution in [1.82, 2.24) is 4.72 Å². The average Bonchev–Trinajstić information content (AvgIpc) is 2.47. The maximum atomic E-state index is 12.6. The van der Waals surface area contributed by atoms with Gasteiger partial charge in [0.05, 0.1) is 12.0 Å². The van der Waals surface area contributed by atoms with Crippen LogP contribution in [-0.2, 0) is 10.0 Å². The molecule has 6 heteroatoms. The zero-order chi connectivity index (χ0) is 15.5. The highest BCUT2D eigenvalue weighted by atomic mass is 32.2. The molecule has 0 saturated heterocycles. The molecule has 1 saturated carbocycles. The summed E-state index contributed by atoms with van der Waals surface area (Å²) in [6.07, 6.45) is 4.02. The Labute approximate surface area is 126 Å². The molecule has 0 radical (unpaired) electrons. The van der Waals surface area contributed by atoms with Crippen molar-refractivity contribution in [3.8, 4) is 5.75 Å². The summed E-state index contributed by atoms with van der Waals surface area (Å²) in [5.74, 6) is 0.885. The molecule has 1 fully saturated rings. The van der Waals surface area contributed by atoms with E-state index in [1.54, 1.807) is 32.2 Å². The molecule has 5 nitrogen and oxygen atoms in total. The van der Waals surface area contributed by atoms with E-state index in [9.17, 15) is 8.42 Å². The highest BCUT2D eigenvalue weighted by Crippen LogP contribution is 2.26. The quantitative estimate of drug-likeness (QED) is 0.868. The van der Waals surface area contributed by atoms with Crippen LogP contribution in [0.4, 0.5) is 0 Å². The molecule has 0 spiro atoms. The van der Waals surface area contributed by atoms with Crippen molar-refractivity contribution in [2.24, 2.45) is 11.7 Å². The molecular weight excluding hydrogens is 288 g/mol. The standard InChI is InChI=1S/C15H24N2O3S/c1-11-9-13(20-2)7-8-15(11)21(18,19)17-14-6-4-3-5-12(14)10-16/h7-9,12,14,17H,3-6,10,16H2,1-2H3. The van der Waals surface area contributed by atoms with E-state index in [1.807, 2.05) is 0 Å². The zero-order valence-electron chi connectivity index (χ0n) is 12.6. The summed E-state index contributed by atoms with van der Waals surface area (Å²) in [5, 5.41) is 0. The molecule has 0 aliphatic heterocycles. The van der Waals surface area contributed by atoms with E-state index in [-0.39, 0.29) is 12.0 Å². The van der Waals surface area contributed by atoms with Gasteiger partial charge in [0, 0.05) is 6.04 Å². The van der Waals surface area contributed by atoms with Crippen LogP contribution < -0.4 is 15.2 Å². The molecule has 1 aromatic rings. The van der Waals surface area contributed by atoms with Gasteiger partial charge in [0.1, 0.15) is 5.75 Å². The Morgan fingerprint density at radius 3 is 2.67 bits per heavy atom. The lowest BCUT2D eigenvalue weighted by molar-refractivity contribution is 0.296. The molecule has 0 heterocycles. The van der Waals surface area contributed by atoms with Gasteiger partial charge in [-0.05, 0) is 56.0 Å². The fourth-order valence-electron chi connectivity index (χ4n) is 2.96. The molecule has 118 valence electrons. The maximum Gasteiger partial charge on any atom is 0.241 e. The monoisotopic (exact) mass is 312 g/mol. The van der Waals surface area contributed by atoms with Crippen LogP contribution in [0.15, 0.2) is 23.1 Å². The molecule has 2 rings (SSSR count). The minimum atomic E-state index is -3.52. The summed E-state index contributed by atoms with van der Waals surface area (Å²) in [7, 11) is -1.96. The molecular formula is C15H24N2O3S.